The van der Waals surface area contributed by atoms with Crippen molar-refractivity contribution in [3.05, 3.63) is 16.9 Å². The third-order valence-electron chi connectivity index (χ3n) is 2.27. The van der Waals surface area contributed by atoms with Crippen molar-refractivity contribution in [2.75, 3.05) is 6.54 Å². The van der Waals surface area contributed by atoms with E-state index in [9.17, 15) is 4.79 Å². The van der Waals surface area contributed by atoms with Crippen LogP contribution in [-0.4, -0.2) is 27.6 Å². The van der Waals surface area contributed by atoms with Crippen molar-refractivity contribution in [3.63, 3.8) is 0 Å². The quantitative estimate of drug-likeness (QED) is 0.825. The number of Topliss-reactive ketones (excluding diaryl/α,β-unsaturated/α-hetero) is 1. The maximum absolute atomic E-state index is 12.1. The second kappa shape index (κ2) is 5.65. The Morgan fingerprint density at radius 1 is 1.53 bits per heavy atom. The number of carbonyl (C=O) groups excluding carboxylic acids is 1. The first-order valence-electron chi connectivity index (χ1n) is 5.84. The largest absolute Gasteiger partial charge is 0.305 e. The van der Waals surface area contributed by atoms with Gasteiger partial charge in [0.05, 0.1) is 17.8 Å². The van der Waals surface area contributed by atoms with Crippen LogP contribution in [0, 0.1) is 0 Å². The van der Waals surface area contributed by atoms with Crippen LogP contribution >= 0.6 is 11.6 Å². The summed E-state index contributed by atoms with van der Waals surface area (Å²) in [6.07, 6.45) is 2.45. The van der Waals surface area contributed by atoms with Gasteiger partial charge < -0.3 is 5.32 Å². The normalized spacial score (nSPS) is 11.8. The lowest BCUT2D eigenvalue weighted by molar-refractivity contribution is 0.0971. The molecule has 0 spiro atoms. The highest BCUT2D eigenvalue weighted by Gasteiger charge is 2.19. The van der Waals surface area contributed by atoms with Gasteiger partial charge >= 0.3 is 0 Å². The molecule has 0 aliphatic rings. The number of nitrogens with one attached hydrogen (secondary N) is 1. The molecule has 0 aromatic carbocycles. The molecule has 0 radical (unpaired) electrons. The van der Waals surface area contributed by atoms with Crippen molar-refractivity contribution in [1.82, 2.24) is 15.1 Å². The number of aryl methyl sites for hydroxylation is 1. The number of ketones is 1. The maximum Gasteiger partial charge on any atom is 0.196 e. The molecule has 17 heavy (non-hydrogen) atoms. The van der Waals surface area contributed by atoms with E-state index in [1.807, 2.05) is 27.7 Å². The number of hydrogen-bond acceptors (Lipinski definition) is 3. The van der Waals surface area contributed by atoms with Crippen LogP contribution in [-0.2, 0) is 6.54 Å². The Bertz CT molecular complexity index is 393. The summed E-state index contributed by atoms with van der Waals surface area (Å²) in [5.74, 6) is -0.0177. The molecule has 0 amide bonds. The van der Waals surface area contributed by atoms with Crippen molar-refractivity contribution in [2.24, 2.45) is 0 Å². The molecule has 96 valence electrons. The fourth-order valence-corrected chi connectivity index (χ4v) is 1.70. The van der Waals surface area contributed by atoms with Gasteiger partial charge in [-0.15, -0.1) is 0 Å². The number of nitrogens with zero attached hydrogens (tertiary/aromatic N) is 2. The average molecular weight is 258 g/mol. The Morgan fingerprint density at radius 2 is 2.18 bits per heavy atom. The number of carbonyl (C=O) groups is 1. The summed E-state index contributed by atoms with van der Waals surface area (Å²) in [5.41, 5.74) is 0.419. The summed E-state index contributed by atoms with van der Waals surface area (Å²) >= 11 is 5.99. The SMILES string of the molecule is CCCn1ncc(Cl)c1C(=O)CNC(C)(C)C. The van der Waals surface area contributed by atoms with Crippen LogP contribution in [0.4, 0.5) is 0 Å². The molecule has 4 nitrogen and oxygen atoms in total. The number of hydrogen-bond donors (Lipinski definition) is 1. The van der Waals surface area contributed by atoms with Crippen molar-refractivity contribution >= 4 is 17.4 Å². The molecule has 1 heterocycles. The first kappa shape index (κ1) is 14.2. The van der Waals surface area contributed by atoms with Gasteiger partial charge in [-0.2, -0.15) is 5.10 Å². The van der Waals surface area contributed by atoms with Gasteiger partial charge in [-0.05, 0) is 27.2 Å². The van der Waals surface area contributed by atoms with Gasteiger partial charge in [0.1, 0.15) is 5.69 Å². The zero-order valence-corrected chi connectivity index (χ0v) is 11.6. The summed E-state index contributed by atoms with van der Waals surface area (Å²) in [7, 11) is 0. The molecule has 0 saturated carbocycles. The van der Waals surface area contributed by atoms with Crippen LogP contribution in [0.5, 0.6) is 0 Å². The molecular formula is C12H20ClN3O. The molecule has 0 atom stereocenters. The Kier molecular flexibility index (Phi) is 4.71. The van der Waals surface area contributed by atoms with Crippen LogP contribution in [0.2, 0.25) is 5.02 Å². The first-order chi connectivity index (χ1) is 7.85. The predicted molar refractivity (Wildman–Crippen MR) is 69.6 cm³/mol. The first-order valence-corrected chi connectivity index (χ1v) is 6.22. The molecule has 1 rings (SSSR count). The van der Waals surface area contributed by atoms with Crippen LogP contribution in [0.15, 0.2) is 6.20 Å². The van der Waals surface area contributed by atoms with E-state index in [-0.39, 0.29) is 17.9 Å². The summed E-state index contributed by atoms with van der Waals surface area (Å²) in [6, 6.07) is 0. The highest BCUT2D eigenvalue weighted by Crippen LogP contribution is 2.16. The molecule has 1 aromatic heterocycles. The number of halogens is 1. The molecule has 0 saturated heterocycles. The fourth-order valence-electron chi connectivity index (χ4n) is 1.45. The summed E-state index contributed by atoms with van der Waals surface area (Å²) in [5, 5.41) is 7.69. The summed E-state index contributed by atoms with van der Waals surface area (Å²) in [4.78, 5) is 12.1. The Balaban J connectivity index is 2.77. The fraction of sp³-hybridized carbons (Fsp3) is 0.667. The second-order valence-corrected chi connectivity index (χ2v) is 5.50. The second-order valence-electron chi connectivity index (χ2n) is 5.09. The van der Waals surface area contributed by atoms with Gasteiger partial charge in [0.2, 0.25) is 0 Å². The molecule has 0 bridgehead atoms. The highest BCUT2D eigenvalue weighted by molar-refractivity contribution is 6.33. The van der Waals surface area contributed by atoms with E-state index >= 15 is 0 Å². The average Bonchev–Trinajstić information content (AvgIpc) is 2.56. The molecule has 1 N–H and O–H groups in total. The molecular weight excluding hydrogens is 238 g/mol. The van der Waals surface area contributed by atoms with Crippen LogP contribution in [0.25, 0.3) is 0 Å². The smallest absolute Gasteiger partial charge is 0.196 e. The molecule has 0 fully saturated rings. The number of aromatic nitrogens is 2. The zero-order chi connectivity index (χ0) is 13.1. The van der Waals surface area contributed by atoms with Gasteiger partial charge in [-0.25, -0.2) is 0 Å². The third kappa shape index (κ3) is 4.13. The monoisotopic (exact) mass is 257 g/mol. The molecule has 0 aliphatic carbocycles. The van der Waals surface area contributed by atoms with E-state index in [1.54, 1.807) is 4.68 Å². The third-order valence-corrected chi connectivity index (χ3v) is 2.55. The van der Waals surface area contributed by atoms with E-state index in [4.69, 9.17) is 11.6 Å². The van der Waals surface area contributed by atoms with Gasteiger partial charge in [-0.3, -0.25) is 9.48 Å². The van der Waals surface area contributed by atoms with Crippen LogP contribution < -0.4 is 5.32 Å². The zero-order valence-electron chi connectivity index (χ0n) is 10.9. The Hall–Kier alpha value is -0.870. The van der Waals surface area contributed by atoms with Gasteiger partial charge in [-0.1, -0.05) is 18.5 Å². The van der Waals surface area contributed by atoms with Gasteiger partial charge in [0.15, 0.2) is 5.78 Å². The molecule has 1 aromatic rings. The lowest BCUT2D eigenvalue weighted by Gasteiger charge is -2.20. The lowest BCUT2D eigenvalue weighted by Crippen LogP contribution is -2.39. The van der Waals surface area contributed by atoms with Gasteiger partial charge in [0.25, 0.3) is 0 Å². The van der Waals surface area contributed by atoms with Crippen LogP contribution in [0.1, 0.15) is 44.6 Å². The van der Waals surface area contributed by atoms with Crippen molar-refractivity contribution < 1.29 is 4.79 Å². The molecule has 5 heteroatoms. The topological polar surface area (TPSA) is 46.9 Å². The molecule has 0 aliphatic heterocycles. The van der Waals surface area contributed by atoms with E-state index in [1.165, 1.54) is 6.20 Å². The molecule has 0 unspecified atom stereocenters. The number of rotatable bonds is 5. The van der Waals surface area contributed by atoms with Crippen molar-refractivity contribution in [2.45, 2.75) is 46.2 Å². The maximum atomic E-state index is 12.1. The minimum atomic E-state index is -0.0856. The predicted octanol–water partition coefficient (Wildman–Crippen LogP) is 2.52. The lowest BCUT2D eigenvalue weighted by atomic mass is 10.1. The van der Waals surface area contributed by atoms with Crippen molar-refractivity contribution in [3.8, 4) is 0 Å². The highest BCUT2D eigenvalue weighted by atomic mass is 35.5. The van der Waals surface area contributed by atoms with E-state index in [0.717, 1.165) is 6.42 Å². The summed E-state index contributed by atoms with van der Waals surface area (Å²) < 4.78 is 1.68. The summed E-state index contributed by atoms with van der Waals surface area (Å²) in [6.45, 7) is 9.08. The van der Waals surface area contributed by atoms with Gasteiger partial charge in [0, 0.05) is 12.1 Å². The minimum Gasteiger partial charge on any atom is -0.305 e. The Morgan fingerprint density at radius 3 is 2.71 bits per heavy atom. The van der Waals surface area contributed by atoms with E-state index < -0.39 is 0 Å². The van der Waals surface area contributed by atoms with Crippen molar-refractivity contribution in [1.29, 1.82) is 0 Å². The van der Waals surface area contributed by atoms with E-state index in [2.05, 4.69) is 10.4 Å². The van der Waals surface area contributed by atoms with Crippen LogP contribution in [0.3, 0.4) is 0 Å². The minimum absolute atomic E-state index is 0.0177. The standard InChI is InChI=1S/C12H20ClN3O/c1-5-6-16-11(9(13)7-15-16)10(17)8-14-12(2,3)4/h7,14H,5-6,8H2,1-4H3. The Labute approximate surface area is 107 Å². The van der Waals surface area contributed by atoms with E-state index in [0.29, 0.717) is 17.3 Å².